The van der Waals surface area contributed by atoms with Crippen LogP contribution in [-0.4, -0.2) is 43.8 Å². The molecule has 1 fully saturated rings. The number of amides is 2. The van der Waals surface area contributed by atoms with E-state index in [0.29, 0.717) is 21.3 Å². The summed E-state index contributed by atoms with van der Waals surface area (Å²) in [5.41, 5.74) is 3.60. The quantitative estimate of drug-likeness (QED) is 0.162. The molecule has 1 saturated carbocycles. The van der Waals surface area contributed by atoms with Crippen LogP contribution in [0.25, 0.3) is 0 Å². The standard InChI is InChI=1S/C38H41Cl2N3O4S/c1-27-20-28(2)22-32(21-27)43(48(46,47)33-16-10-5-11-17-33)26-37(44)42(25-30-18-19-34(39)35(40)23-30)36(24-29-12-6-3-7-13-29)38(45)41-31-14-8-4-9-15-31/h3,5-7,10-13,16-23,31,36H,4,8-9,14-15,24-26H2,1-2H3,(H,41,45)/t36-/m0/s1. The van der Waals surface area contributed by atoms with E-state index in [1.54, 1.807) is 48.5 Å². The number of sulfonamides is 1. The van der Waals surface area contributed by atoms with Crippen molar-refractivity contribution in [1.29, 1.82) is 0 Å². The lowest BCUT2D eigenvalue weighted by molar-refractivity contribution is -0.140. The van der Waals surface area contributed by atoms with Gasteiger partial charge >= 0.3 is 0 Å². The number of carbonyl (C=O) groups excluding carboxylic acids is 2. The highest BCUT2D eigenvalue weighted by Crippen LogP contribution is 2.28. The fourth-order valence-corrected chi connectivity index (χ4v) is 8.02. The van der Waals surface area contributed by atoms with Gasteiger partial charge < -0.3 is 10.2 Å². The van der Waals surface area contributed by atoms with E-state index in [9.17, 15) is 18.0 Å². The van der Waals surface area contributed by atoms with E-state index in [1.807, 2.05) is 50.2 Å². The fourth-order valence-electron chi connectivity index (χ4n) is 6.28. The maximum atomic E-state index is 14.7. The van der Waals surface area contributed by atoms with E-state index in [0.717, 1.165) is 53.1 Å². The van der Waals surface area contributed by atoms with Crippen molar-refractivity contribution >= 4 is 50.7 Å². The Morgan fingerprint density at radius 2 is 1.42 bits per heavy atom. The van der Waals surface area contributed by atoms with Crippen LogP contribution in [0.15, 0.2) is 102 Å². The van der Waals surface area contributed by atoms with Crippen molar-refractivity contribution in [3.63, 3.8) is 0 Å². The van der Waals surface area contributed by atoms with Crippen molar-refractivity contribution < 1.29 is 18.0 Å². The number of hydrogen-bond donors (Lipinski definition) is 1. The molecule has 1 atom stereocenters. The molecule has 2 amide bonds. The summed E-state index contributed by atoms with van der Waals surface area (Å²) in [5, 5.41) is 3.91. The number of aryl methyl sites for hydroxylation is 2. The van der Waals surface area contributed by atoms with E-state index < -0.39 is 28.5 Å². The Labute approximate surface area is 293 Å². The summed E-state index contributed by atoms with van der Waals surface area (Å²) < 4.78 is 29.7. The summed E-state index contributed by atoms with van der Waals surface area (Å²) in [6.45, 7) is 3.25. The molecule has 0 spiro atoms. The van der Waals surface area contributed by atoms with Gasteiger partial charge in [-0.05, 0) is 85.3 Å². The highest BCUT2D eigenvalue weighted by molar-refractivity contribution is 7.92. The molecule has 252 valence electrons. The monoisotopic (exact) mass is 705 g/mol. The third kappa shape index (κ3) is 8.98. The topological polar surface area (TPSA) is 86.8 Å². The molecule has 0 unspecified atom stereocenters. The van der Waals surface area contributed by atoms with Crippen molar-refractivity contribution in [2.75, 3.05) is 10.8 Å². The van der Waals surface area contributed by atoms with Gasteiger partial charge in [-0.25, -0.2) is 8.42 Å². The Morgan fingerprint density at radius 1 is 0.792 bits per heavy atom. The minimum Gasteiger partial charge on any atom is -0.352 e. The van der Waals surface area contributed by atoms with Gasteiger partial charge in [-0.1, -0.05) is 103 Å². The van der Waals surface area contributed by atoms with Crippen LogP contribution in [0.2, 0.25) is 10.0 Å². The first-order chi connectivity index (χ1) is 23.0. The molecule has 0 aliphatic heterocycles. The van der Waals surface area contributed by atoms with Crippen LogP contribution in [0.5, 0.6) is 0 Å². The number of anilines is 1. The molecule has 1 aliphatic carbocycles. The van der Waals surface area contributed by atoms with Gasteiger partial charge in [-0.3, -0.25) is 13.9 Å². The summed E-state index contributed by atoms with van der Waals surface area (Å²) >= 11 is 12.6. The van der Waals surface area contributed by atoms with Crippen LogP contribution in [0.3, 0.4) is 0 Å². The van der Waals surface area contributed by atoms with Crippen LogP contribution in [0.1, 0.15) is 54.4 Å². The Bertz CT molecular complexity index is 1810. The number of rotatable bonds is 12. The van der Waals surface area contributed by atoms with E-state index in [-0.39, 0.29) is 29.8 Å². The molecular weight excluding hydrogens is 665 g/mol. The number of benzene rings is 4. The number of halogens is 2. The smallest absolute Gasteiger partial charge is 0.264 e. The van der Waals surface area contributed by atoms with Gasteiger partial charge in [0.1, 0.15) is 12.6 Å². The predicted octanol–water partition coefficient (Wildman–Crippen LogP) is 7.89. The average Bonchev–Trinajstić information content (AvgIpc) is 3.07. The van der Waals surface area contributed by atoms with E-state index in [1.165, 1.54) is 17.0 Å². The molecule has 0 saturated heterocycles. The molecular formula is C38H41Cl2N3O4S. The first-order valence-electron chi connectivity index (χ1n) is 16.2. The average molecular weight is 707 g/mol. The molecule has 0 aromatic heterocycles. The minimum atomic E-state index is -4.18. The van der Waals surface area contributed by atoms with Crippen molar-refractivity contribution in [3.8, 4) is 0 Å². The van der Waals surface area contributed by atoms with Gasteiger partial charge in [-0.2, -0.15) is 0 Å². The van der Waals surface area contributed by atoms with Crippen molar-refractivity contribution in [1.82, 2.24) is 10.2 Å². The number of hydrogen-bond acceptors (Lipinski definition) is 4. The van der Waals surface area contributed by atoms with Crippen molar-refractivity contribution in [3.05, 3.63) is 129 Å². The van der Waals surface area contributed by atoms with E-state index >= 15 is 0 Å². The maximum absolute atomic E-state index is 14.7. The summed E-state index contributed by atoms with van der Waals surface area (Å²) in [6.07, 6.45) is 5.18. The Kier molecular flexibility index (Phi) is 11.8. The van der Waals surface area contributed by atoms with Gasteiger partial charge in [0.15, 0.2) is 0 Å². The lowest BCUT2D eigenvalue weighted by Gasteiger charge is -2.35. The van der Waals surface area contributed by atoms with Gasteiger partial charge in [0, 0.05) is 19.0 Å². The number of nitrogens with one attached hydrogen (secondary N) is 1. The molecule has 5 rings (SSSR count). The lowest BCUT2D eigenvalue weighted by Crippen LogP contribution is -2.55. The molecule has 10 heteroatoms. The third-order valence-corrected chi connectivity index (χ3v) is 11.2. The van der Waals surface area contributed by atoms with Gasteiger partial charge in [-0.15, -0.1) is 0 Å². The Hall–Kier alpha value is -3.85. The van der Waals surface area contributed by atoms with Crippen LogP contribution in [-0.2, 0) is 32.6 Å². The number of carbonyl (C=O) groups is 2. The van der Waals surface area contributed by atoms with E-state index in [4.69, 9.17) is 23.2 Å². The first kappa shape index (κ1) is 35.5. The second-order valence-corrected chi connectivity index (χ2v) is 15.2. The summed E-state index contributed by atoms with van der Waals surface area (Å²) in [6, 6.07) is 27.2. The molecule has 7 nitrogen and oxygen atoms in total. The van der Waals surface area contributed by atoms with Crippen LogP contribution in [0.4, 0.5) is 5.69 Å². The first-order valence-corrected chi connectivity index (χ1v) is 18.4. The highest BCUT2D eigenvalue weighted by atomic mass is 35.5. The SMILES string of the molecule is Cc1cc(C)cc(N(CC(=O)N(Cc2ccc(Cl)c(Cl)c2)[C@@H](Cc2ccccc2)C(=O)NC2CCCCC2)S(=O)(=O)c2ccccc2)c1. The summed E-state index contributed by atoms with van der Waals surface area (Å²) in [4.78, 5) is 30.5. The molecule has 48 heavy (non-hydrogen) atoms. The van der Waals surface area contributed by atoms with Crippen molar-refractivity contribution in [2.24, 2.45) is 0 Å². The van der Waals surface area contributed by atoms with Gasteiger partial charge in [0.2, 0.25) is 11.8 Å². The van der Waals surface area contributed by atoms with Gasteiger partial charge in [0.25, 0.3) is 10.0 Å². The molecule has 1 N–H and O–H groups in total. The number of nitrogens with zero attached hydrogens (tertiary/aromatic N) is 2. The zero-order chi connectivity index (χ0) is 34.3. The zero-order valence-electron chi connectivity index (χ0n) is 27.2. The molecule has 4 aromatic rings. The van der Waals surface area contributed by atoms with E-state index in [2.05, 4.69) is 5.32 Å². The largest absolute Gasteiger partial charge is 0.352 e. The summed E-state index contributed by atoms with van der Waals surface area (Å²) in [7, 11) is -4.18. The maximum Gasteiger partial charge on any atom is 0.264 e. The van der Waals surface area contributed by atoms with Crippen LogP contribution in [0, 0.1) is 13.8 Å². The van der Waals surface area contributed by atoms with Crippen molar-refractivity contribution in [2.45, 2.75) is 75.9 Å². The van der Waals surface area contributed by atoms with Gasteiger partial charge in [0.05, 0.1) is 20.6 Å². The Morgan fingerprint density at radius 3 is 2.04 bits per heavy atom. The normalized spacial score (nSPS) is 14.2. The molecule has 0 heterocycles. The molecule has 0 bridgehead atoms. The third-order valence-electron chi connectivity index (χ3n) is 8.66. The Balaban J connectivity index is 1.59. The zero-order valence-corrected chi connectivity index (χ0v) is 29.6. The lowest BCUT2D eigenvalue weighted by atomic mass is 9.94. The second-order valence-electron chi connectivity index (χ2n) is 12.5. The summed E-state index contributed by atoms with van der Waals surface area (Å²) in [5.74, 6) is -0.803. The minimum absolute atomic E-state index is 0.0108. The fraction of sp³-hybridized carbons (Fsp3) is 0.316. The molecule has 0 radical (unpaired) electrons. The predicted molar refractivity (Wildman–Crippen MR) is 193 cm³/mol. The molecule has 4 aromatic carbocycles. The van der Waals surface area contributed by atoms with Crippen LogP contribution < -0.4 is 9.62 Å². The molecule has 1 aliphatic rings. The van der Waals surface area contributed by atoms with Crippen LogP contribution >= 0.6 is 23.2 Å². The second kappa shape index (κ2) is 16.0. The highest BCUT2D eigenvalue weighted by Gasteiger charge is 2.35.